The molecule has 7 heteroatoms. The summed E-state index contributed by atoms with van der Waals surface area (Å²) in [5.41, 5.74) is 0.627. The minimum atomic E-state index is -0.223. The smallest absolute Gasteiger partial charge is 0.319 e. The minimum absolute atomic E-state index is 0.223. The molecule has 0 spiro atoms. The Morgan fingerprint density at radius 2 is 2.30 bits per heavy atom. The Morgan fingerprint density at radius 3 is 3.00 bits per heavy atom. The van der Waals surface area contributed by atoms with E-state index in [0.717, 1.165) is 19.4 Å². The topological polar surface area (TPSA) is 81.7 Å². The van der Waals surface area contributed by atoms with E-state index in [9.17, 15) is 4.79 Å². The third kappa shape index (κ3) is 6.42. The van der Waals surface area contributed by atoms with E-state index in [1.54, 1.807) is 25.4 Å². The van der Waals surface area contributed by atoms with Crippen molar-refractivity contribution >= 4 is 11.7 Å². The van der Waals surface area contributed by atoms with Crippen molar-refractivity contribution in [3.8, 4) is 5.88 Å². The average Bonchev–Trinajstić information content (AvgIpc) is 2.55. The molecule has 0 saturated carbocycles. The van der Waals surface area contributed by atoms with Gasteiger partial charge in [0.05, 0.1) is 24.6 Å². The van der Waals surface area contributed by atoms with Gasteiger partial charge in [0.15, 0.2) is 0 Å². The van der Waals surface area contributed by atoms with E-state index in [4.69, 9.17) is 14.2 Å². The first-order valence-electron chi connectivity index (χ1n) is 7.91. The van der Waals surface area contributed by atoms with Gasteiger partial charge in [0.1, 0.15) is 6.61 Å². The summed E-state index contributed by atoms with van der Waals surface area (Å²) < 4.78 is 15.8. The molecule has 1 saturated heterocycles. The normalized spacial score (nSPS) is 20.8. The van der Waals surface area contributed by atoms with Gasteiger partial charge in [-0.05, 0) is 31.7 Å². The molecule has 0 radical (unpaired) electrons. The molecular formula is C16H25N3O4. The molecule has 1 aromatic rings. The number of pyridine rings is 1. The number of hydrogen-bond acceptors (Lipinski definition) is 5. The number of urea groups is 1. The lowest BCUT2D eigenvalue weighted by Crippen LogP contribution is -2.36. The molecule has 1 aliphatic rings. The zero-order chi connectivity index (χ0) is 16.5. The van der Waals surface area contributed by atoms with Crippen molar-refractivity contribution in [1.29, 1.82) is 0 Å². The molecule has 2 rings (SSSR count). The molecule has 2 N–H and O–H groups in total. The van der Waals surface area contributed by atoms with Gasteiger partial charge >= 0.3 is 6.03 Å². The van der Waals surface area contributed by atoms with Crippen LogP contribution in [0, 0.1) is 5.92 Å². The highest BCUT2D eigenvalue weighted by Crippen LogP contribution is 2.19. The Hall–Kier alpha value is -1.86. The maximum absolute atomic E-state index is 11.9. The third-order valence-corrected chi connectivity index (χ3v) is 3.68. The van der Waals surface area contributed by atoms with Crippen LogP contribution in [0.15, 0.2) is 18.3 Å². The van der Waals surface area contributed by atoms with Crippen LogP contribution in [-0.4, -0.2) is 50.6 Å². The zero-order valence-corrected chi connectivity index (χ0v) is 13.7. The number of aromatic nitrogens is 1. The van der Waals surface area contributed by atoms with Crippen LogP contribution in [0.2, 0.25) is 0 Å². The maximum Gasteiger partial charge on any atom is 0.319 e. The van der Waals surface area contributed by atoms with Crippen LogP contribution in [0.1, 0.15) is 19.8 Å². The molecular weight excluding hydrogens is 298 g/mol. The summed E-state index contributed by atoms with van der Waals surface area (Å²) in [6, 6.07) is 3.25. The van der Waals surface area contributed by atoms with E-state index >= 15 is 0 Å². The van der Waals surface area contributed by atoms with Gasteiger partial charge in [0, 0.05) is 26.3 Å². The van der Waals surface area contributed by atoms with Crippen molar-refractivity contribution in [1.82, 2.24) is 10.3 Å². The summed E-state index contributed by atoms with van der Waals surface area (Å²) in [6.07, 6.45) is 3.81. The standard InChI is InChI=1S/C16H25N3O4/c1-12-9-13(5-6-22-12)10-18-16(20)19-14-3-4-15(17-11-14)23-8-7-21-2/h3-4,11-13H,5-10H2,1-2H3,(H2,18,19,20)/t12-,13+/m0/s1. The number of ether oxygens (including phenoxy) is 3. The van der Waals surface area contributed by atoms with Crippen molar-refractivity contribution in [3.63, 3.8) is 0 Å². The van der Waals surface area contributed by atoms with Crippen LogP contribution < -0.4 is 15.4 Å². The Balaban J connectivity index is 1.70. The predicted molar refractivity (Wildman–Crippen MR) is 86.8 cm³/mol. The largest absolute Gasteiger partial charge is 0.475 e. The van der Waals surface area contributed by atoms with Crippen LogP contribution in [0.5, 0.6) is 5.88 Å². The molecule has 1 fully saturated rings. The number of nitrogens with one attached hydrogen (secondary N) is 2. The zero-order valence-electron chi connectivity index (χ0n) is 13.7. The van der Waals surface area contributed by atoms with Gasteiger partial charge in [-0.15, -0.1) is 0 Å². The summed E-state index contributed by atoms with van der Waals surface area (Å²) in [5.74, 6) is 0.975. The number of carbonyl (C=O) groups is 1. The second-order valence-corrected chi connectivity index (χ2v) is 5.63. The van der Waals surface area contributed by atoms with Crippen LogP contribution in [0.3, 0.4) is 0 Å². The Morgan fingerprint density at radius 1 is 1.43 bits per heavy atom. The first-order chi connectivity index (χ1) is 11.2. The summed E-state index contributed by atoms with van der Waals surface area (Å²) in [5, 5.41) is 5.66. The monoisotopic (exact) mass is 323 g/mol. The van der Waals surface area contributed by atoms with Crippen LogP contribution in [0.4, 0.5) is 10.5 Å². The maximum atomic E-state index is 11.9. The Kier molecular flexibility index (Phi) is 7.09. The molecule has 0 aromatic carbocycles. The van der Waals surface area contributed by atoms with E-state index in [0.29, 0.717) is 37.2 Å². The van der Waals surface area contributed by atoms with Gasteiger partial charge in [0.25, 0.3) is 0 Å². The van der Waals surface area contributed by atoms with E-state index in [2.05, 4.69) is 22.5 Å². The molecule has 0 bridgehead atoms. The van der Waals surface area contributed by atoms with Crippen LogP contribution in [0.25, 0.3) is 0 Å². The molecule has 128 valence electrons. The van der Waals surface area contributed by atoms with Gasteiger partial charge in [0.2, 0.25) is 5.88 Å². The van der Waals surface area contributed by atoms with Gasteiger partial charge in [-0.3, -0.25) is 0 Å². The van der Waals surface area contributed by atoms with E-state index in [-0.39, 0.29) is 12.1 Å². The molecule has 1 aromatic heterocycles. The predicted octanol–water partition coefficient (Wildman–Crippen LogP) is 2.04. The number of anilines is 1. The van der Waals surface area contributed by atoms with E-state index < -0.39 is 0 Å². The van der Waals surface area contributed by atoms with Crippen molar-refractivity contribution in [2.45, 2.75) is 25.9 Å². The molecule has 1 aliphatic heterocycles. The fourth-order valence-electron chi connectivity index (χ4n) is 2.46. The molecule has 2 heterocycles. The fourth-order valence-corrected chi connectivity index (χ4v) is 2.46. The highest BCUT2D eigenvalue weighted by atomic mass is 16.5. The lowest BCUT2D eigenvalue weighted by molar-refractivity contribution is 0.00354. The van der Waals surface area contributed by atoms with Crippen molar-refractivity contribution in [3.05, 3.63) is 18.3 Å². The molecule has 23 heavy (non-hydrogen) atoms. The lowest BCUT2D eigenvalue weighted by atomic mass is 9.96. The molecule has 0 unspecified atom stereocenters. The second kappa shape index (κ2) is 9.32. The van der Waals surface area contributed by atoms with Crippen LogP contribution >= 0.6 is 0 Å². The number of nitrogens with zero attached hydrogens (tertiary/aromatic N) is 1. The summed E-state index contributed by atoms with van der Waals surface area (Å²) in [7, 11) is 1.61. The number of methoxy groups -OCH3 is 1. The first-order valence-corrected chi connectivity index (χ1v) is 7.91. The third-order valence-electron chi connectivity index (χ3n) is 3.68. The number of carbonyl (C=O) groups excluding carboxylic acids is 1. The lowest BCUT2D eigenvalue weighted by Gasteiger charge is -2.27. The fraction of sp³-hybridized carbons (Fsp3) is 0.625. The van der Waals surface area contributed by atoms with Gasteiger partial charge < -0.3 is 24.8 Å². The summed E-state index contributed by atoms with van der Waals surface area (Å²) >= 11 is 0. The SMILES string of the molecule is COCCOc1ccc(NC(=O)NC[C@@H]2CCO[C@@H](C)C2)cn1. The molecule has 0 aliphatic carbocycles. The Labute approximate surface area is 136 Å². The van der Waals surface area contributed by atoms with Crippen molar-refractivity contribution in [2.75, 3.05) is 38.8 Å². The first kappa shape index (κ1) is 17.5. The van der Waals surface area contributed by atoms with Gasteiger partial charge in [-0.2, -0.15) is 0 Å². The van der Waals surface area contributed by atoms with Crippen molar-refractivity contribution in [2.24, 2.45) is 5.92 Å². The highest BCUT2D eigenvalue weighted by molar-refractivity contribution is 5.88. The van der Waals surface area contributed by atoms with Crippen molar-refractivity contribution < 1.29 is 19.0 Å². The van der Waals surface area contributed by atoms with E-state index in [1.807, 2.05) is 0 Å². The quantitative estimate of drug-likeness (QED) is 0.751. The number of hydrogen-bond donors (Lipinski definition) is 2. The molecule has 2 amide bonds. The van der Waals surface area contributed by atoms with E-state index in [1.165, 1.54) is 0 Å². The Bertz CT molecular complexity index is 481. The minimum Gasteiger partial charge on any atom is -0.475 e. The second-order valence-electron chi connectivity index (χ2n) is 5.63. The van der Waals surface area contributed by atoms with Gasteiger partial charge in [-0.1, -0.05) is 0 Å². The molecule has 7 nitrogen and oxygen atoms in total. The van der Waals surface area contributed by atoms with Gasteiger partial charge in [-0.25, -0.2) is 9.78 Å². The average molecular weight is 323 g/mol. The summed E-state index contributed by atoms with van der Waals surface area (Å²) in [4.78, 5) is 16.0. The van der Waals surface area contributed by atoms with Crippen LogP contribution in [-0.2, 0) is 9.47 Å². The molecule has 2 atom stereocenters. The summed E-state index contributed by atoms with van der Waals surface area (Å²) in [6.45, 7) is 4.44. The highest BCUT2D eigenvalue weighted by Gasteiger charge is 2.19. The number of rotatable bonds is 7. The number of amides is 2.